The van der Waals surface area contributed by atoms with Crippen molar-refractivity contribution in [1.82, 2.24) is 4.90 Å². The van der Waals surface area contributed by atoms with Gasteiger partial charge in [0, 0.05) is 0 Å². The summed E-state index contributed by atoms with van der Waals surface area (Å²) in [6.07, 6.45) is 0.686. The summed E-state index contributed by atoms with van der Waals surface area (Å²) in [7, 11) is 1.67. The van der Waals surface area contributed by atoms with Crippen molar-refractivity contribution < 1.29 is 14.3 Å². The van der Waals surface area contributed by atoms with Crippen LogP contribution in [0, 0.1) is 5.92 Å². The van der Waals surface area contributed by atoms with Crippen LogP contribution >= 0.6 is 0 Å². The summed E-state index contributed by atoms with van der Waals surface area (Å²) in [5.41, 5.74) is 2.50. The van der Waals surface area contributed by atoms with Crippen LogP contribution < -0.4 is 4.74 Å². The molecule has 0 unspecified atom stereocenters. The van der Waals surface area contributed by atoms with E-state index < -0.39 is 0 Å². The lowest BCUT2D eigenvalue weighted by Crippen LogP contribution is -2.44. The first-order chi connectivity index (χ1) is 9.11. The van der Waals surface area contributed by atoms with Gasteiger partial charge in [0.2, 0.25) is 0 Å². The Morgan fingerprint density at radius 1 is 1.42 bits per heavy atom. The molecule has 3 rings (SSSR count). The zero-order valence-corrected chi connectivity index (χ0v) is 11.6. The highest BCUT2D eigenvalue weighted by molar-refractivity contribution is 5.72. The van der Waals surface area contributed by atoms with Crippen LogP contribution in [-0.4, -0.2) is 30.8 Å². The van der Waals surface area contributed by atoms with E-state index >= 15 is 0 Å². The standard InChI is InChI=1S/C15H19NO3/c1-9(2)14-13-7-12(18-3)5-4-10(13)6-11-8-19-15(17)16(11)14/h4-5,7,9,11,14H,6,8H2,1-3H3/t11-,14+/m0/s1. The van der Waals surface area contributed by atoms with Crippen LogP contribution in [0.2, 0.25) is 0 Å². The minimum absolute atomic E-state index is 0.0823. The fourth-order valence-electron chi connectivity index (χ4n) is 3.21. The van der Waals surface area contributed by atoms with Gasteiger partial charge in [-0.05, 0) is 35.6 Å². The highest BCUT2D eigenvalue weighted by Crippen LogP contribution is 2.41. The first kappa shape index (κ1) is 12.3. The maximum absolute atomic E-state index is 12.0. The van der Waals surface area contributed by atoms with Crippen LogP contribution in [0.1, 0.15) is 31.0 Å². The predicted octanol–water partition coefficient (Wildman–Crippen LogP) is 2.77. The molecule has 2 heterocycles. The third-order valence-electron chi connectivity index (χ3n) is 4.06. The van der Waals surface area contributed by atoms with Gasteiger partial charge < -0.3 is 9.47 Å². The lowest BCUT2D eigenvalue weighted by molar-refractivity contribution is 0.125. The van der Waals surface area contributed by atoms with E-state index in [9.17, 15) is 4.79 Å². The molecule has 1 saturated heterocycles. The number of fused-ring (bicyclic) bond motifs is 2. The molecule has 0 radical (unpaired) electrons. The van der Waals surface area contributed by atoms with Gasteiger partial charge in [0.1, 0.15) is 12.4 Å². The Hall–Kier alpha value is -1.71. The minimum atomic E-state index is -0.183. The number of carbonyl (C=O) groups excluding carboxylic acids is 1. The molecule has 1 aromatic carbocycles. The normalized spacial score (nSPS) is 25.1. The molecule has 1 amide bonds. The number of hydrogen-bond acceptors (Lipinski definition) is 3. The van der Waals surface area contributed by atoms with Gasteiger partial charge in [0.05, 0.1) is 19.2 Å². The molecular formula is C15H19NO3. The maximum Gasteiger partial charge on any atom is 0.410 e. The van der Waals surface area contributed by atoms with Gasteiger partial charge in [-0.25, -0.2) is 4.79 Å². The molecule has 0 N–H and O–H groups in total. The molecule has 2 aliphatic heterocycles. The molecule has 0 aliphatic carbocycles. The number of benzene rings is 1. The number of amides is 1. The summed E-state index contributed by atoms with van der Waals surface area (Å²) in [5, 5.41) is 0. The molecule has 4 heteroatoms. The van der Waals surface area contributed by atoms with E-state index in [1.54, 1.807) is 7.11 Å². The number of rotatable bonds is 2. The van der Waals surface area contributed by atoms with Crippen molar-refractivity contribution in [3.8, 4) is 5.75 Å². The number of ether oxygens (including phenoxy) is 2. The second-order valence-electron chi connectivity index (χ2n) is 5.60. The van der Waals surface area contributed by atoms with Crippen LogP contribution in [0.25, 0.3) is 0 Å². The molecule has 4 nitrogen and oxygen atoms in total. The Morgan fingerprint density at radius 3 is 2.89 bits per heavy atom. The molecule has 2 atom stereocenters. The molecule has 102 valence electrons. The Balaban J connectivity index is 2.09. The van der Waals surface area contributed by atoms with Gasteiger partial charge in [0.15, 0.2) is 0 Å². The fraction of sp³-hybridized carbons (Fsp3) is 0.533. The SMILES string of the molecule is COc1ccc2c(c1)[C@@H](C(C)C)N1C(=O)OC[C@@H]1C2. The molecule has 2 aliphatic rings. The second-order valence-corrected chi connectivity index (χ2v) is 5.60. The lowest BCUT2D eigenvalue weighted by atomic mass is 9.83. The quantitative estimate of drug-likeness (QED) is 0.821. The van der Waals surface area contributed by atoms with Crippen LogP contribution in [0.5, 0.6) is 5.75 Å². The topological polar surface area (TPSA) is 38.8 Å². The molecule has 19 heavy (non-hydrogen) atoms. The number of hydrogen-bond donors (Lipinski definition) is 0. The lowest BCUT2D eigenvalue weighted by Gasteiger charge is -2.39. The van der Waals surface area contributed by atoms with Gasteiger partial charge in [0.25, 0.3) is 0 Å². The maximum atomic E-state index is 12.0. The van der Waals surface area contributed by atoms with Crippen LogP contribution in [-0.2, 0) is 11.2 Å². The minimum Gasteiger partial charge on any atom is -0.497 e. The summed E-state index contributed by atoms with van der Waals surface area (Å²) in [6, 6.07) is 6.43. The van der Waals surface area contributed by atoms with Gasteiger partial charge >= 0.3 is 6.09 Å². The first-order valence-corrected chi connectivity index (χ1v) is 6.73. The van der Waals surface area contributed by atoms with Crippen molar-refractivity contribution in [2.24, 2.45) is 5.92 Å². The second kappa shape index (κ2) is 4.44. The number of nitrogens with zero attached hydrogens (tertiary/aromatic N) is 1. The number of cyclic esters (lactones) is 1. The van der Waals surface area contributed by atoms with Crippen molar-refractivity contribution >= 4 is 6.09 Å². The molecule has 0 spiro atoms. The first-order valence-electron chi connectivity index (χ1n) is 6.73. The third kappa shape index (κ3) is 1.86. The molecule has 1 fully saturated rings. The van der Waals surface area contributed by atoms with E-state index in [-0.39, 0.29) is 18.2 Å². The molecule has 0 saturated carbocycles. The molecule has 0 aromatic heterocycles. The Labute approximate surface area is 113 Å². The predicted molar refractivity (Wildman–Crippen MR) is 71.3 cm³/mol. The van der Waals surface area contributed by atoms with E-state index in [1.807, 2.05) is 11.0 Å². The van der Waals surface area contributed by atoms with Crippen molar-refractivity contribution in [3.05, 3.63) is 29.3 Å². The molecule has 0 bridgehead atoms. The van der Waals surface area contributed by atoms with Gasteiger partial charge in [-0.3, -0.25) is 4.90 Å². The summed E-state index contributed by atoms with van der Waals surface area (Å²) in [5.74, 6) is 1.19. The number of methoxy groups -OCH3 is 1. The van der Waals surface area contributed by atoms with Gasteiger partial charge in [-0.15, -0.1) is 0 Å². The number of carbonyl (C=O) groups is 1. The van der Waals surface area contributed by atoms with Crippen molar-refractivity contribution in [1.29, 1.82) is 0 Å². The van der Waals surface area contributed by atoms with E-state index in [0.29, 0.717) is 12.5 Å². The summed E-state index contributed by atoms with van der Waals surface area (Å²) in [4.78, 5) is 13.9. The van der Waals surface area contributed by atoms with Crippen LogP contribution in [0.3, 0.4) is 0 Å². The smallest absolute Gasteiger partial charge is 0.410 e. The largest absolute Gasteiger partial charge is 0.497 e. The molecule has 1 aromatic rings. The van der Waals surface area contributed by atoms with E-state index in [4.69, 9.17) is 9.47 Å². The van der Waals surface area contributed by atoms with E-state index in [2.05, 4.69) is 26.0 Å². The highest BCUT2D eigenvalue weighted by atomic mass is 16.6. The van der Waals surface area contributed by atoms with E-state index in [1.165, 1.54) is 11.1 Å². The average molecular weight is 261 g/mol. The van der Waals surface area contributed by atoms with E-state index in [0.717, 1.165) is 12.2 Å². The summed E-state index contributed by atoms with van der Waals surface area (Å²) < 4.78 is 10.5. The Kier molecular flexibility index (Phi) is 2.88. The highest BCUT2D eigenvalue weighted by Gasteiger charge is 2.44. The summed E-state index contributed by atoms with van der Waals surface area (Å²) in [6.45, 7) is 4.79. The van der Waals surface area contributed by atoms with Gasteiger partial charge in [-0.2, -0.15) is 0 Å². The fourth-order valence-corrected chi connectivity index (χ4v) is 3.21. The Morgan fingerprint density at radius 2 is 2.21 bits per heavy atom. The van der Waals surface area contributed by atoms with Crippen LogP contribution in [0.4, 0.5) is 4.79 Å². The van der Waals surface area contributed by atoms with Crippen molar-refractivity contribution in [3.63, 3.8) is 0 Å². The van der Waals surface area contributed by atoms with Crippen LogP contribution in [0.15, 0.2) is 18.2 Å². The molecular weight excluding hydrogens is 242 g/mol. The zero-order chi connectivity index (χ0) is 13.6. The van der Waals surface area contributed by atoms with Gasteiger partial charge in [-0.1, -0.05) is 19.9 Å². The monoisotopic (exact) mass is 261 g/mol. The zero-order valence-electron chi connectivity index (χ0n) is 11.6. The Bertz CT molecular complexity index is 512. The third-order valence-corrected chi connectivity index (χ3v) is 4.06. The van der Waals surface area contributed by atoms with Crippen molar-refractivity contribution in [2.75, 3.05) is 13.7 Å². The van der Waals surface area contributed by atoms with Crippen molar-refractivity contribution in [2.45, 2.75) is 32.4 Å². The average Bonchev–Trinajstić information content (AvgIpc) is 2.76. The summed E-state index contributed by atoms with van der Waals surface area (Å²) >= 11 is 0.